The number of nitro groups is 1. The lowest BCUT2D eigenvalue weighted by molar-refractivity contribution is -0.386. The lowest BCUT2D eigenvalue weighted by Crippen LogP contribution is -2.38. The van der Waals surface area contributed by atoms with Crippen molar-refractivity contribution in [3.8, 4) is 0 Å². The first kappa shape index (κ1) is 18.3. The zero-order chi connectivity index (χ0) is 14.6. The van der Waals surface area contributed by atoms with Gasteiger partial charge in [0, 0.05) is 19.0 Å². The van der Waals surface area contributed by atoms with Crippen LogP contribution in [-0.4, -0.2) is 33.2 Å². The van der Waals surface area contributed by atoms with E-state index in [1.165, 1.54) is 4.68 Å². The number of rotatable bonds is 6. The first-order chi connectivity index (χ1) is 8.86. The second-order valence-corrected chi connectivity index (χ2v) is 4.45. The molecule has 0 saturated heterocycles. The first-order valence-corrected chi connectivity index (χ1v) is 6.04. The van der Waals surface area contributed by atoms with Gasteiger partial charge in [0.1, 0.15) is 11.4 Å². The molecule has 0 radical (unpaired) electrons. The molecule has 1 aromatic heterocycles. The van der Waals surface area contributed by atoms with E-state index in [0.717, 1.165) is 0 Å². The number of nitrogens with two attached hydrogens (primary N) is 1. The number of halogens is 1. The first-order valence-electron chi connectivity index (χ1n) is 6.04. The Balaban J connectivity index is 0.00000361. The molecule has 0 bridgehead atoms. The molecule has 1 aromatic rings. The lowest BCUT2D eigenvalue weighted by atomic mass is 10.3. The molecular weight excluding hydrogens is 286 g/mol. The number of carbonyl (C=O) groups is 1. The summed E-state index contributed by atoms with van der Waals surface area (Å²) in [5, 5.41) is 17.6. The Labute approximate surface area is 123 Å². The quantitative estimate of drug-likeness (QED) is 0.592. The Hall–Kier alpha value is -1.67. The zero-order valence-electron chi connectivity index (χ0n) is 11.8. The smallest absolute Gasteiger partial charge is 0.312 e. The van der Waals surface area contributed by atoms with Gasteiger partial charge in [-0.3, -0.25) is 19.6 Å². The van der Waals surface area contributed by atoms with E-state index < -0.39 is 4.92 Å². The van der Waals surface area contributed by atoms with E-state index in [1.807, 2.05) is 6.92 Å². The third kappa shape index (κ3) is 4.46. The Morgan fingerprint density at radius 3 is 2.60 bits per heavy atom. The fourth-order valence-corrected chi connectivity index (χ4v) is 1.78. The van der Waals surface area contributed by atoms with Crippen molar-refractivity contribution in [2.45, 2.75) is 39.8 Å². The van der Waals surface area contributed by atoms with E-state index in [1.54, 1.807) is 13.8 Å². The van der Waals surface area contributed by atoms with E-state index in [4.69, 9.17) is 5.73 Å². The van der Waals surface area contributed by atoms with Crippen molar-refractivity contribution < 1.29 is 9.72 Å². The van der Waals surface area contributed by atoms with Gasteiger partial charge in [-0.05, 0) is 20.8 Å². The molecule has 0 aliphatic carbocycles. The average molecular weight is 306 g/mol. The van der Waals surface area contributed by atoms with Gasteiger partial charge in [-0.25, -0.2) is 0 Å². The van der Waals surface area contributed by atoms with Crippen molar-refractivity contribution in [3.05, 3.63) is 21.5 Å². The van der Waals surface area contributed by atoms with E-state index in [9.17, 15) is 14.9 Å². The number of hydrogen-bond acceptors (Lipinski definition) is 5. The van der Waals surface area contributed by atoms with Crippen LogP contribution in [-0.2, 0) is 11.3 Å². The topological polar surface area (TPSA) is 116 Å². The predicted molar refractivity (Wildman–Crippen MR) is 76.9 cm³/mol. The van der Waals surface area contributed by atoms with Crippen molar-refractivity contribution in [2.24, 2.45) is 5.73 Å². The van der Waals surface area contributed by atoms with Crippen LogP contribution in [0.1, 0.15) is 24.7 Å². The largest absolute Gasteiger partial charge is 0.352 e. The average Bonchev–Trinajstić information content (AvgIpc) is 2.61. The van der Waals surface area contributed by atoms with Gasteiger partial charge in [-0.1, -0.05) is 0 Å². The van der Waals surface area contributed by atoms with E-state index >= 15 is 0 Å². The Morgan fingerprint density at radius 1 is 1.55 bits per heavy atom. The number of carbonyl (C=O) groups excluding carboxylic acids is 1. The maximum absolute atomic E-state index is 11.6. The molecule has 0 fully saturated rings. The normalized spacial score (nSPS) is 11.6. The van der Waals surface area contributed by atoms with Crippen LogP contribution in [0.5, 0.6) is 0 Å². The molecule has 0 aliphatic heterocycles. The molecule has 1 rings (SSSR count). The Kier molecular flexibility index (Phi) is 7.16. The summed E-state index contributed by atoms with van der Waals surface area (Å²) < 4.78 is 1.49. The maximum atomic E-state index is 11.6. The summed E-state index contributed by atoms with van der Waals surface area (Å²) in [4.78, 5) is 22.0. The molecule has 20 heavy (non-hydrogen) atoms. The summed E-state index contributed by atoms with van der Waals surface area (Å²) in [7, 11) is 0. The molecule has 1 heterocycles. The molecule has 0 spiro atoms. The van der Waals surface area contributed by atoms with Gasteiger partial charge in [-0.15, -0.1) is 12.4 Å². The van der Waals surface area contributed by atoms with Crippen molar-refractivity contribution in [3.63, 3.8) is 0 Å². The SMILES string of the molecule is Cc1nn(CCC(=O)N[C@@H](C)CN)c(C)c1[N+](=O)[O-].Cl. The number of aromatic nitrogens is 2. The van der Waals surface area contributed by atoms with Crippen LogP contribution in [0.15, 0.2) is 0 Å². The van der Waals surface area contributed by atoms with Gasteiger partial charge < -0.3 is 11.1 Å². The highest BCUT2D eigenvalue weighted by Crippen LogP contribution is 2.21. The maximum Gasteiger partial charge on any atom is 0.312 e. The minimum atomic E-state index is -0.454. The van der Waals surface area contributed by atoms with Gasteiger partial charge in [-0.2, -0.15) is 5.10 Å². The van der Waals surface area contributed by atoms with Crippen LogP contribution in [0.4, 0.5) is 5.69 Å². The van der Waals surface area contributed by atoms with E-state index in [0.29, 0.717) is 24.5 Å². The molecule has 0 unspecified atom stereocenters. The van der Waals surface area contributed by atoms with Gasteiger partial charge in [0.25, 0.3) is 0 Å². The lowest BCUT2D eigenvalue weighted by Gasteiger charge is -2.11. The fraction of sp³-hybridized carbons (Fsp3) is 0.636. The summed E-state index contributed by atoms with van der Waals surface area (Å²) in [6.07, 6.45) is 0.212. The molecule has 0 aliphatic rings. The van der Waals surface area contributed by atoms with Gasteiger partial charge in [0.05, 0.1) is 11.5 Å². The molecule has 9 heteroatoms. The summed E-state index contributed by atoms with van der Waals surface area (Å²) in [5.41, 5.74) is 6.23. The van der Waals surface area contributed by atoms with Crippen LogP contribution in [0.25, 0.3) is 0 Å². The highest BCUT2D eigenvalue weighted by atomic mass is 35.5. The van der Waals surface area contributed by atoms with Crippen molar-refractivity contribution >= 4 is 24.0 Å². The van der Waals surface area contributed by atoms with Crippen molar-refractivity contribution in [1.29, 1.82) is 0 Å². The monoisotopic (exact) mass is 305 g/mol. The standard InChI is InChI=1S/C11H19N5O3.ClH/c1-7(6-12)13-10(17)4-5-15-9(3)11(16(18)19)8(2)14-15;/h7H,4-6,12H2,1-3H3,(H,13,17);1H/t7-;/m0./s1. The molecule has 0 aromatic carbocycles. The summed E-state index contributed by atoms with van der Waals surface area (Å²) >= 11 is 0. The molecule has 0 saturated carbocycles. The molecule has 3 N–H and O–H groups in total. The van der Waals surface area contributed by atoms with Gasteiger partial charge in [0.15, 0.2) is 0 Å². The molecule has 8 nitrogen and oxygen atoms in total. The Morgan fingerprint density at radius 2 is 2.15 bits per heavy atom. The highest BCUT2D eigenvalue weighted by molar-refractivity contribution is 5.85. The second kappa shape index (κ2) is 7.81. The number of aryl methyl sites for hydroxylation is 2. The van der Waals surface area contributed by atoms with Gasteiger partial charge in [0.2, 0.25) is 5.91 Å². The minimum Gasteiger partial charge on any atom is -0.352 e. The van der Waals surface area contributed by atoms with Crippen molar-refractivity contribution in [2.75, 3.05) is 6.54 Å². The fourth-order valence-electron chi connectivity index (χ4n) is 1.78. The second-order valence-electron chi connectivity index (χ2n) is 4.45. The Bertz CT molecular complexity index is 489. The van der Waals surface area contributed by atoms with Crippen LogP contribution >= 0.6 is 12.4 Å². The summed E-state index contributed by atoms with van der Waals surface area (Å²) in [6.45, 7) is 5.70. The zero-order valence-corrected chi connectivity index (χ0v) is 12.6. The highest BCUT2D eigenvalue weighted by Gasteiger charge is 2.21. The molecule has 1 atom stereocenters. The van der Waals surface area contributed by atoms with E-state index in [-0.39, 0.29) is 36.5 Å². The molecule has 114 valence electrons. The van der Waals surface area contributed by atoms with Crippen LogP contribution in [0, 0.1) is 24.0 Å². The van der Waals surface area contributed by atoms with Crippen LogP contribution in [0.3, 0.4) is 0 Å². The number of amides is 1. The number of nitrogens with one attached hydrogen (secondary N) is 1. The van der Waals surface area contributed by atoms with Gasteiger partial charge >= 0.3 is 5.69 Å². The summed E-state index contributed by atoms with van der Waals surface area (Å²) in [5.74, 6) is -0.145. The minimum absolute atomic E-state index is 0. The third-order valence-corrected chi connectivity index (χ3v) is 2.84. The predicted octanol–water partition coefficient (Wildman–Crippen LogP) is 0.683. The summed E-state index contributed by atoms with van der Waals surface area (Å²) in [6, 6.07) is -0.0812. The number of hydrogen-bond donors (Lipinski definition) is 2. The van der Waals surface area contributed by atoms with Crippen LogP contribution < -0.4 is 11.1 Å². The van der Waals surface area contributed by atoms with Crippen LogP contribution in [0.2, 0.25) is 0 Å². The number of nitrogens with zero attached hydrogens (tertiary/aromatic N) is 3. The van der Waals surface area contributed by atoms with Crippen molar-refractivity contribution in [1.82, 2.24) is 15.1 Å². The molecular formula is C11H20ClN5O3. The molecule has 1 amide bonds. The van der Waals surface area contributed by atoms with E-state index in [2.05, 4.69) is 10.4 Å². The third-order valence-electron chi connectivity index (χ3n) is 2.84.